The van der Waals surface area contributed by atoms with Crippen LogP contribution in [0.25, 0.3) is 0 Å². The number of carbonyl (C=O) groups excluding carboxylic acids is 1. The molecule has 24 heavy (non-hydrogen) atoms. The van der Waals surface area contributed by atoms with Crippen LogP contribution >= 0.6 is 0 Å². The number of hydrogen-bond donors (Lipinski definition) is 3. The molecular weight excluding hydrogens is 316 g/mol. The topological polar surface area (TPSA) is 73.0 Å². The fraction of sp³-hybridized carbons (Fsp3) is 0.750. The molecular formula is C16H23F2N5O. The Labute approximate surface area is 139 Å². The van der Waals surface area contributed by atoms with Crippen LogP contribution in [-0.2, 0) is 17.8 Å². The number of halogens is 2. The van der Waals surface area contributed by atoms with E-state index in [0.29, 0.717) is 19.0 Å². The van der Waals surface area contributed by atoms with Crippen LogP contribution in [-0.4, -0.2) is 59.1 Å². The first-order valence-electron chi connectivity index (χ1n) is 8.70. The first-order valence-corrected chi connectivity index (χ1v) is 8.70. The molecule has 3 aliphatic heterocycles. The highest BCUT2D eigenvalue weighted by Crippen LogP contribution is 2.32. The van der Waals surface area contributed by atoms with E-state index in [9.17, 15) is 13.6 Å². The van der Waals surface area contributed by atoms with Crippen LogP contribution in [0.1, 0.15) is 42.1 Å². The number of aromatic amines is 1. The number of aromatic nitrogens is 2. The number of amides is 1. The van der Waals surface area contributed by atoms with Crippen molar-refractivity contribution < 1.29 is 13.6 Å². The normalized spacial score (nSPS) is 27.2. The zero-order valence-electron chi connectivity index (χ0n) is 13.6. The molecule has 1 aromatic heterocycles. The third-order valence-corrected chi connectivity index (χ3v) is 5.44. The Morgan fingerprint density at radius 1 is 1.29 bits per heavy atom. The number of H-pyrrole nitrogens is 1. The van der Waals surface area contributed by atoms with Gasteiger partial charge in [-0.1, -0.05) is 0 Å². The second-order valence-corrected chi connectivity index (χ2v) is 7.09. The van der Waals surface area contributed by atoms with E-state index >= 15 is 0 Å². The summed E-state index contributed by atoms with van der Waals surface area (Å²) in [5, 5.41) is 13.7. The molecule has 1 aromatic rings. The number of hydrogen-bond acceptors (Lipinski definition) is 4. The summed E-state index contributed by atoms with van der Waals surface area (Å²) in [6, 6.07) is -0.737. The Morgan fingerprint density at radius 3 is 2.79 bits per heavy atom. The smallest absolute Gasteiger partial charge is 0.262 e. The van der Waals surface area contributed by atoms with E-state index in [1.807, 2.05) is 0 Å². The maximum Gasteiger partial charge on any atom is 0.262 e. The van der Waals surface area contributed by atoms with Gasteiger partial charge in [0.1, 0.15) is 0 Å². The van der Waals surface area contributed by atoms with Crippen LogP contribution in [0.5, 0.6) is 0 Å². The first kappa shape index (κ1) is 16.0. The fourth-order valence-corrected chi connectivity index (χ4v) is 4.07. The largest absolute Gasteiger partial charge is 0.341 e. The Kier molecular flexibility index (Phi) is 4.04. The van der Waals surface area contributed by atoms with E-state index in [2.05, 4.69) is 20.8 Å². The molecule has 3 aliphatic rings. The molecule has 0 bridgehead atoms. The van der Waals surface area contributed by atoms with Crippen molar-refractivity contribution >= 4 is 5.91 Å². The van der Waals surface area contributed by atoms with E-state index in [1.54, 1.807) is 4.90 Å². The number of alkyl halides is 2. The molecule has 0 aromatic carbocycles. The molecule has 8 heteroatoms. The summed E-state index contributed by atoms with van der Waals surface area (Å²) in [6.07, 6.45) is 2.27. The predicted molar refractivity (Wildman–Crippen MR) is 83.9 cm³/mol. The van der Waals surface area contributed by atoms with E-state index < -0.39 is 18.5 Å². The lowest BCUT2D eigenvalue weighted by Gasteiger charge is -2.33. The average Bonchev–Trinajstić information content (AvgIpc) is 3.17. The van der Waals surface area contributed by atoms with Gasteiger partial charge in [0, 0.05) is 56.2 Å². The third-order valence-electron chi connectivity index (χ3n) is 5.44. The highest BCUT2D eigenvalue weighted by atomic mass is 19.3. The van der Waals surface area contributed by atoms with Gasteiger partial charge in [0.25, 0.3) is 5.92 Å². The van der Waals surface area contributed by atoms with Gasteiger partial charge in [0.15, 0.2) is 0 Å². The average molecular weight is 339 g/mol. The van der Waals surface area contributed by atoms with Crippen LogP contribution in [0.4, 0.5) is 8.78 Å². The number of nitrogens with one attached hydrogen (secondary N) is 3. The van der Waals surface area contributed by atoms with E-state index in [-0.39, 0.29) is 12.3 Å². The highest BCUT2D eigenvalue weighted by molar-refractivity contribution is 5.82. The van der Waals surface area contributed by atoms with E-state index in [1.165, 1.54) is 11.3 Å². The summed E-state index contributed by atoms with van der Waals surface area (Å²) in [7, 11) is 0. The summed E-state index contributed by atoms with van der Waals surface area (Å²) in [5.74, 6) is -2.61. The second kappa shape index (κ2) is 6.07. The quantitative estimate of drug-likeness (QED) is 0.744. The van der Waals surface area contributed by atoms with Gasteiger partial charge in [-0.25, -0.2) is 8.78 Å². The lowest BCUT2D eigenvalue weighted by atomic mass is 9.89. The summed E-state index contributed by atoms with van der Waals surface area (Å²) in [5.41, 5.74) is 3.62. The molecule has 0 radical (unpaired) electrons. The second-order valence-electron chi connectivity index (χ2n) is 7.09. The number of rotatable bonds is 2. The maximum absolute atomic E-state index is 13.3. The summed E-state index contributed by atoms with van der Waals surface area (Å²) >= 11 is 0. The van der Waals surface area contributed by atoms with E-state index in [0.717, 1.165) is 38.0 Å². The molecule has 2 fully saturated rings. The number of piperidine rings is 1. The van der Waals surface area contributed by atoms with E-state index in [4.69, 9.17) is 0 Å². The number of fused-ring (bicyclic) bond motifs is 1. The predicted octanol–water partition coefficient (Wildman–Crippen LogP) is 0.759. The fourth-order valence-electron chi connectivity index (χ4n) is 4.07. The van der Waals surface area contributed by atoms with Crippen molar-refractivity contribution in [3.05, 3.63) is 17.0 Å². The first-order chi connectivity index (χ1) is 11.5. The molecule has 0 spiro atoms. The van der Waals surface area contributed by atoms with Crippen LogP contribution < -0.4 is 10.6 Å². The summed E-state index contributed by atoms with van der Waals surface area (Å²) in [4.78, 5) is 14.1. The van der Waals surface area contributed by atoms with Gasteiger partial charge < -0.3 is 10.2 Å². The third kappa shape index (κ3) is 2.93. The Bertz CT molecular complexity index is 624. The molecule has 132 valence electrons. The van der Waals surface area contributed by atoms with Crippen molar-refractivity contribution in [3.8, 4) is 0 Å². The molecule has 4 heterocycles. The minimum absolute atomic E-state index is 0.184. The standard InChI is InChI=1S/C16H23F2N5O/c17-16(18)7-13(20-9-16)15(24)23-5-2-10(3-6-23)14-11-8-19-4-1-12(11)21-22-14/h10,13,19-20H,1-9H2,(H,21,22). The van der Waals surface area contributed by atoms with Gasteiger partial charge in [-0.05, 0) is 12.8 Å². The van der Waals surface area contributed by atoms with Crippen molar-refractivity contribution in [2.75, 3.05) is 26.2 Å². The monoisotopic (exact) mass is 339 g/mol. The van der Waals surface area contributed by atoms with Crippen molar-refractivity contribution in [1.29, 1.82) is 0 Å². The molecule has 0 aliphatic carbocycles. The molecule has 1 atom stereocenters. The maximum atomic E-state index is 13.3. The number of nitrogens with zero attached hydrogens (tertiary/aromatic N) is 2. The van der Waals surface area contributed by atoms with Crippen LogP contribution in [0.3, 0.4) is 0 Å². The minimum Gasteiger partial charge on any atom is -0.341 e. The lowest BCUT2D eigenvalue weighted by molar-refractivity contribution is -0.134. The Balaban J connectivity index is 1.37. The Morgan fingerprint density at radius 2 is 2.08 bits per heavy atom. The SMILES string of the molecule is O=C(C1CC(F)(F)CN1)N1CCC(c2n[nH]c3c2CNCC3)CC1. The molecule has 3 N–H and O–H groups in total. The minimum atomic E-state index is -2.76. The molecule has 1 amide bonds. The van der Waals surface area contributed by atoms with Crippen molar-refractivity contribution in [1.82, 2.24) is 25.7 Å². The van der Waals surface area contributed by atoms with Gasteiger partial charge in [-0.3, -0.25) is 15.2 Å². The van der Waals surface area contributed by atoms with Crippen LogP contribution in [0, 0.1) is 0 Å². The molecule has 6 nitrogen and oxygen atoms in total. The molecule has 2 saturated heterocycles. The van der Waals surface area contributed by atoms with Gasteiger partial charge in [-0.15, -0.1) is 0 Å². The summed E-state index contributed by atoms with van der Waals surface area (Å²) in [6.45, 7) is 2.65. The van der Waals surface area contributed by atoms with Crippen LogP contribution in [0.15, 0.2) is 0 Å². The summed E-state index contributed by atoms with van der Waals surface area (Å²) < 4.78 is 26.6. The molecule has 0 saturated carbocycles. The van der Waals surface area contributed by atoms with Crippen molar-refractivity contribution in [2.24, 2.45) is 0 Å². The van der Waals surface area contributed by atoms with Gasteiger partial charge in [-0.2, -0.15) is 5.10 Å². The van der Waals surface area contributed by atoms with Gasteiger partial charge >= 0.3 is 0 Å². The zero-order chi connectivity index (χ0) is 16.7. The van der Waals surface area contributed by atoms with Gasteiger partial charge in [0.2, 0.25) is 5.91 Å². The lowest BCUT2D eigenvalue weighted by Crippen LogP contribution is -2.46. The van der Waals surface area contributed by atoms with Gasteiger partial charge in [0.05, 0.1) is 18.3 Å². The Hall–Kier alpha value is -1.54. The highest BCUT2D eigenvalue weighted by Gasteiger charge is 2.44. The van der Waals surface area contributed by atoms with Crippen molar-refractivity contribution in [2.45, 2.75) is 50.1 Å². The number of carbonyl (C=O) groups is 1. The van der Waals surface area contributed by atoms with Crippen LogP contribution in [0.2, 0.25) is 0 Å². The zero-order valence-corrected chi connectivity index (χ0v) is 13.6. The molecule has 1 unspecified atom stereocenters. The van der Waals surface area contributed by atoms with Crippen molar-refractivity contribution in [3.63, 3.8) is 0 Å². The number of likely N-dealkylation sites (tertiary alicyclic amines) is 1. The molecule has 4 rings (SSSR count).